The number of rotatable bonds is 2. The minimum absolute atomic E-state index is 0.181. The number of benzene rings is 1. The molecular weight excluding hydrogens is 251 g/mol. The van der Waals surface area contributed by atoms with E-state index in [1.54, 1.807) is 6.07 Å². The molecule has 2 N–H and O–H groups in total. The maximum atomic E-state index is 13.7. The van der Waals surface area contributed by atoms with Crippen molar-refractivity contribution in [3.63, 3.8) is 0 Å². The number of nitrogens with two attached hydrogens (primary N) is 1. The molecule has 0 radical (unpaired) electrons. The van der Waals surface area contributed by atoms with Gasteiger partial charge in [0.2, 0.25) is 0 Å². The molecule has 0 bridgehead atoms. The summed E-state index contributed by atoms with van der Waals surface area (Å²) in [5.74, 6) is 0.564. The van der Waals surface area contributed by atoms with Gasteiger partial charge >= 0.3 is 0 Å². The van der Waals surface area contributed by atoms with Crippen LogP contribution in [0, 0.1) is 17.2 Å². The van der Waals surface area contributed by atoms with Gasteiger partial charge in [-0.3, -0.25) is 0 Å². The maximum absolute atomic E-state index is 13.7. The van der Waals surface area contributed by atoms with E-state index in [1.165, 1.54) is 25.3 Å². The highest BCUT2D eigenvalue weighted by Crippen LogP contribution is 2.35. The van der Waals surface area contributed by atoms with Crippen molar-refractivity contribution in [3.8, 4) is 0 Å². The summed E-state index contributed by atoms with van der Waals surface area (Å²) in [6.07, 6.45) is 3.62. The second kappa shape index (κ2) is 6.13. The lowest BCUT2D eigenvalue weighted by atomic mass is 9.77. The van der Waals surface area contributed by atoms with Crippen LogP contribution in [0.15, 0.2) is 18.2 Å². The van der Waals surface area contributed by atoms with Crippen LogP contribution in [-0.4, -0.2) is 13.1 Å². The first kappa shape index (κ1) is 15.3. The van der Waals surface area contributed by atoms with Gasteiger partial charge in [-0.05, 0) is 54.4 Å². The van der Waals surface area contributed by atoms with E-state index in [9.17, 15) is 4.39 Å². The monoisotopic (exact) mass is 278 g/mol. The number of nitrogens with zero attached hydrogens (tertiary/aromatic N) is 1. The van der Waals surface area contributed by atoms with Crippen LogP contribution in [0.25, 0.3) is 0 Å². The van der Waals surface area contributed by atoms with E-state index >= 15 is 0 Å². The molecule has 1 aliphatic heterocycles. The standard InChI is InChI=1S/C17H27FN2/c1-17(2,3)14-5-4-7-20(8-6-14)16-10-13(12-19)9-15(18)11-16/h9-11,14H,4-8,12,19H2,1-3H3. The fraction of sp³-hybridized carbons (Fsp3) is 0.647. The predicted octanol–water partition coefficient (Wildman–Crippen LogP) is 3.94. The van der Waals surface area contributed by atoms with Gasteiger partial charge in [0.25, 0.3) is 0 Å². The number of hydrogen-bond acceptors (Lipinski definition) is 2. The second-order valence-corrected chi connectivity index (χ2v) is 7.00. The fourth-order valence-corrected chi connectivity index (χ4v) is 3.15. The molecule has 1 aromatic carbocycles. The largest absolute Gasteiger partial charge is 0.371 e. The molecule has 1 unspecified atom stereocenters. The van der Waals surface area contributed by atoms with Gasteiger partial charge in [0.1, 0.15) is 5.82 Å². The molecule has 112 valence electrons. The van der Waals surface area contributed by atoms with Crippen molar-refractivity contribution >= 4 is 5.69 Å². The molecule has 0 aromatic heterocycles. The third-order valence-corrected chi connectivity index (χ3v) is 4.50. The summed E-state index contributed by atoms with van der Waals surface area (Å²) in [6, 6.07) is 5.19. The normalized spacial score (nSPS) is 20.9. The van der Waals surface area contributed by atoms with Crippen molar-refractivity contribution < 1.29 is 4.39 Å². The van der Waals surface area contributed by atoms with E-state index < -0.39 is 0 Å². The summed E-state index contributed by atoms with van der Waals surface area (Å²) in [4.78, 5) is 2.31. The highest BCUT2D eigenvalue weighted by Gasteiger charge is 2.27. The summed E-state index contributed by atoms with van der Waals surface area (Å²) in [7, 11) is 0. The van der Waals surface area contributed by atoms with Crippen LogP contribution in [0.2, 0.25) is 0 Å². The molecule has 0 spiro atoms. The summed E-state index contributed by atoms with van der Waals surface area (Å²) in [5, 5.41) is 0. The van der Waals surface area contributed by atoms with Crippen molar-refractivity contribution in [2.24, 2.45) is 17.1 Å². The summed E-state index contributed by atoms with van der Waals surface area (Å²) in [6.45, 7) is 9.38. The van der Waals surface area contributed by atoms with Gasteiger partial charge in [0.15, 0.2) is 0 Å². The Morgan fingerprint density at radius 1 is 1.20 bits per heavy atom. The fourth-order valence-electron chi connectivity index (χ4n) is 3.15. The zero-order valence-corrected chi connectivity index (χ0v) is 13.0. The second-order valence-electron chi connectivity index (χ2n) is 7.00. The lowest BCUT2D eigenvalue weighted by Crippen LogP contribution is -2.26. The molecule has 0 saturated carbocycles. The van der Waals surface area contributed by atoms with E-state index in [2.05, 4.69) is 25.7 Å². The first-order valence-electron chi connectivity index (χ1n) is 7.64. The molecule has 3 heteroatoms. The first-order valence-corrected chi connectivity index (χ1v) is 7.64. The zero-order valence-electron chi connectivity index (χ0n) is 13.0. The Morgan fingerprint density at radius 2 is 1.95 bits per heavy atom. The van der Waals surface area contributed by atoms with Crippen LogP contribution in [0.5, 0.6) is 0 Å². The lowest BCUT2D eigenvalue weighted by Gasteiger charge is -2.30. The first-order chi connectivity index (χ1) is 9.40. The molecule has 0 amide bonds. The molecule has 20 heavy (non-hydrogen) atoms. The van der Waals surface area contributed by atoms with E-state index in [-0.39, 0.29) is 5.82 Å². The Bertz CT molecular complexity index is 451. The zero-order chi connectivity index (χ0) is 14.8. The molecule has 1 aromatic rings. The molecule has 1 fully saturated rings. The Kier molecular flexibility index (Phi) is 4.69. The minimum Gasteiger partial charge on any atom is -0.371 e. The molecule has 1 saturated heterocycles. The third-order valence-electron chi connectivity index (χ3n) is 4.50. The average Bonchev–Trinajstić information content (AvgIpc) is 2.63. The molecule has 1 atom stereocenters. The van der Waals surface area contributed by atoms with E-state index in [0.717, 1.165) is 30.3 Å². The third kappa shape index (κ3) is 3.72. The van der Waals surface area contributed by atoms with Crippen LogP contribution in [-0.2, 0) is 6.54 Å². The molecule has 0 aliphatic carbocycles. The smallest absolute Gasteiger partial charge is 0.125 e. The van der Waals surface area contributed by atoms with Crippen molar-refractivity contribution in [1.29, 1.82) is 0 Å². The lowest BCUT2D eigenvalue weighted by molar-refractivity contribution is 0.220. The molecule has 2 rings (SSSR count). The van der Waals surface area contributed by atoms with Gasteiger partial charge < -0.3 is 10.6 Å². The Hall–Kier alpha value is -1.09. The van der Waals surface area contributed by atoms with Gasteiger partial charge in [-0.25, -0.2) is 4.39 Å². The van der Waals surface area contributed by atoms with Gasteiger partial charge in [-0.15, -0.1) is 0 Å². The van der Waals surface area contributed by atoms with E-state index in [1.807, 2.05) is 6.07 Å². The Morgan fingerprint density at radius 3 is 2.60 bits per heavy atom. The van der Waals surface area contributed by atoms with Gasteiger partial charge in [0, 0.05) is 25.3 Å². The highest BCUT2D eigenvalue weighted by atomic mass is 19.1. The molecular formula is C17H27FN2. The average molecular weight is 278 g/mol. The molecule has 1 heterocycles. The van der Waals surface area contributed by atoms with Gasteiger partial charge in [0.05, 0.1) is 0 Å². The molecule has 1 aliphatic rings. The SMILES string of the molecule is CC(C)(C)C1CCCN(c2cc(F)cc(CN)c2)CC1. The predicted molar refractivity (Wildman–Crippen MR) is 83.3 cm³/mol. The van der Waals surface area contributed by atoms with Crippen molar-refractivity contribution in [2.45, 2.75) is 46.6 Å². The Balaban J connectivity index is 2.12. The number of hydrogen-bond donors (Lipinski definition) is 1. The van der Waals surface area contributed by atoms with Crippen LogP contribution >= 0.6 is 0 Å². The molecule has 2 nitrogen and oxygen atoms in total. The Labute approximate surface area is 122 Å². The van der Waals surface area contributed by atoms with E-state index in [0.29, 0.717) is 12.0 Å². The number of anilines is 1. The van der Waals surface area contributed by atoms with Crippen LogP contribution in [0.4, 0.5) is 10.1 Å². The number of halogens is 1. The van der Waals surface area contributed by atoms with Gasteiger partial charge in [-0.1, -0.05) is 20.8 Å². The summed E-state index contributed by atoms with van der Waals surface area (Å²) >= 11 is 0. The van der Waals surface area contributed by atoms with Crippen LogP contribution < -0.4 is 10.6 Å². The minimum atomic E-state index is -0.181. The van der Waals surface area contributed by atoms with Crippen molar-refractivity contribution in [1.82, 2.24) is 0 Å². The van der Waals surface area contributed by atoms with Crippen molar-refractivity contribution in [3.05, 3.63) is 29.6 Å². The van der Waals surface area contributed by atoms with Crippen LogP contribution in [0.1, 0.15) is 45.6 Å². The van der Waals surface area contributed by atoms with E-state index in [4.69, 9.17) is 5.73 Å². The van der Waals surface area contributed by atoms with Gasteiger partial charge in [-0.2, -0.15) is 0 Å². The highest BCUT2D eigenvalue weighted by molar-refractivity contribution is 5.49. The summed E-state index contributed by atoms with van der Waals surface area (Å²) in [5.41, 5.74) is 7.86. The van der Waals surface area contributed by atoms with Crippen molar-refractivity contribution in [2.75, 3.05) is 18.0 Å². The topological polar surface area (TPSA) is 29.3 Å². The summed E-state index contributed by atoms with van der Waals surface area (Å²) < 4.78 is 13.7. The van der Waals surface area contributed by atoms with Crippen LogP contribution in [0.3, 0.4) is 0 Å². The maximum Gasteiger partial charge on any atom is 0.125 e. The quantitative estimate of drug-likeness (QED) is 0.888.